The van der Waals surface area contributed by atoms with E-state index in [1.54, 1.807) is 0 Å². The summed E-state index contributed by atoms with van der Waals surface area (Å²) in [6.45, 7) is 2.03. The predicted octanol–water partition coefficient (Wildman–Crippen LogP) is 1.39. The van der Waals surface area contributed by atoms with Gasteiger partial charge in [-0.2, -0.15) is 0 Å². The minimum Gasteiger partial charge on any atom is -0.111 e. The Hall–Kier alpha value is -0.455. The van der Waals surface area contributed by atoms with Crippen molar-refractivity contribution in [1.82, 2.24) is 0 Å². The lowest BCUT2D eigenvalue weighted by atomic mass is 9.92. The number of hydrogen-bond donors (Lipinski definition) is 0. The van der Waals surface area contributed by atoms with Gasteiger partial charge in [0.25, 0.3) is 0 Å². The summed E-state index contributed by atoms with van der Waals surface area (Å²) in [5.41, 5.74) is 2.24. The van der Waals surface area contributed by atoms with E-state index in [1.807, 2.05) is 6.92 Å². The molecular formula is C6H7B. The molecule has 1 rings (SSSR count). The van der Waals surface area contributed by atoms with Crippen LogP contribution in [-0.4, -0.2) is 7.85 Å². The number of allylic oxidation sites excluding steroid dienone is 4. The maximum Gasteiger partial charge on any atom is 0.108 e. The van der Waals surface area contributed by atoms with Crippen LogP contribution in [0.3, 0.4) is 0 Å². The first-order chi connectivity index (χ1) is 3.30. The van der Waals surface area contributed by atoms with Gasteiger partial charge < -0.3 is 0 Å². The van der Waals surface area contributed by atoms with Gasteiger partial charge in [0.15, 0.2) is 0 Å². The molecule has 0 atom stereocenters. The Labute approximate surface area is 45.3 Å². The molecule has 1 heteroatoms. The van der Waals surface area contributed by atoms with Crippen molar-refractivity contribution >= 4 is 7.85 Å². The molecule has 0 aromatic carbocycles. The molecule has 0 aromatic rings. The van der Waals surface area contributed by atoms with Crippen molar-refractivity contribution in [3.05, 3.63) is 23.2 Å². The minimum atomic E-state index is 0.950. The Balaban J connectivity index is 2.79. The molecule has 0 nitrogen and oxygen atoms in total. The van der Waals surface area contributed by atoms with E-state index in [1.165, 1.54) is 5.57 Å². The van der Waals surface area contributed by atoms with Crippen molar-refractivity contribution in [2.45, 2.75) is 13.3 Å². The minimum absolute atomic E-state index is 0.950. The van der Waals surface area contributed by atoms with Crippen molar-refractivity contribution in [1.29, 1.82) is 0 Å². The summed E-state index contributed by atoms with van der Waals surface area (Å²) in [6, 6.07) is 0. The second kappa shape index (κ2) is 1.57. The van der Waals surface area contributed by atoms with E-state index in [-0.39, 0.29) is 0 Å². The molecule has 0 N–H and O–H groups in total. The molecule has 0 heterocycles. The SMILES string of the molecule is [B]C1=C(C)C=CC1. The first-order valence-corrected chi connectivity index (χ1v) is 2.42. The summed E-state index contributed by atoms with van der Waals surface area (Å²) in [6.07, 6.45) is 5.08. The van der Waals surface area contributed by atoms with Gasteiger partial charge in [0, 0.05) is 0 Å². The smallest absolute Gasteiger partial charge is 0.108 e. The van der Waals surface area contributed by atoms with Gasteiger partial charge in [0.1, 0.15) is 7.85 Å². The predicted molar refractivity (Wildman–Crippen MR) is 32.2 cm³/mol. The lowest BCUT2D eigenvalue weighted by Crippen LogP contribution is -1.75. The molecule has 0 spiro atoms. The van der Waals surface area contributed by atoms with Crippen LogP contribution < -0.4 is 0 Å². The largest absolute Gasteiger partial charge is 0.111 e. The molecule has 0 bridgehead atoms. The first kappa shape index (κ1) is 4.70. The fourth-order valence-corrected chi connectivity index (χ4v) is 0.631. The summed E-state index contributed by atoms with van der Waals surface area (Å²) in [7, 11) is 5.50. The molecular weight excluding hydrogens is 82.9 g/mol. The molecule has 34 valence electrons. The van der Waals surface area contributed by atoms with E-state index in [4.69, 9.17) is 7.85 Å². The van der Waals surface area contributed by atoms with Gasteiger partial charge in [0.05, 0.1) is 0 Å². The quantitative estimate of drug-likeness (QED) is 0.394. The Morgan fingerprint density at radius 1 is 1.71 bits per heavy atom. The van der Waals surface area contributed by atoms with Crippen LogP contribution in [0.25, 0.3) is 0 Å². The summed E-state index contributed by atoms with van der Waals surface area (Å²) in [5.74, 6) is 0. The van der Waals surface area contributed by atoms with E-state index in [2.05, 4.69) is 12.2 Å². The third kappa shape index (κ3) is 0.765. The molecule has 0 aliphatic heterocycles. The highest BCUT2D eigenvalue weighted by molar-refractivity contribution is 6.22. The van der Waals surface area contributed by atoms with Crippen LogP contribution in [0.1, 0.15) is 13.3 Å². The topological polar surface area (TPSA) is 0 Å². The third-order valence-corrected chi connectivity index (χ3v) is 1.21. The van der Waals surface area contributed by atoms with Gasteiger partial charge >= 0.3 is 0 Å². The fourth-order valence-electron chi connectivity index (χ4n) is 0.631. The van der Waals surface area contributed by atoms with Crippen LogP contribution in [-0.2, 0) is 0 Å². The van der Waals surface area contributed by atoms with Crippen molar-refractivity contribution in [3.63, 3.8) is 0 Å². The maximum absolute atomic E-state index is 5.50. The highest BCUT2D eigenvalue weighted by atomic mass is 14.0. The third-order valence-electron chi connectivity index (χ3n) is 1.21. The zero-order valence-electron chi connectivity index (χ0n) is 4.44. The summed E-state index contributed by atoms with van der Waals surface area (Å²) in [5, 5.41) is 0. The molecule has 1 aliphatic carbocycles. The fraction of sp³-hybridized carbons (Fsp3) is 0.333. The zero-order valence-corrected chi connectivity index (χ0v) is 4.44. The van der Waals surface area contributed by atoms with E-state index >= 15 is 0 Å². The Kier molecular flexibility index (Phi) is 1.05. The summed E-state index contributed by atoms with van der Waals surface area (Å²) in [4.78, 5) is 0. The molecule has 0 unspecified atom stereocenters. The Morgan fingerprint density at radius 2 is 2.43 bits per heavy atom. The molecule has 0 saturated carbocycles. The molecule has 7 heavy (non-hydrogen) atoms. The lowest BCUT2D eigenvalue weighted by molar-refractivity contribution is 1.37. The average Bonchev–Trinajstić information content (AvgIpc) is 1.91. The summed E-state index contributed by atoms with van der Waals surface area (Å²) >= 11 is 0. The lowest BCUT2D eigenvalue weighted by Gasteiger charge is -1.88. The van der Waals surface area contributed by atoms with Crippen LogP contribution in [0.2, 0.25) is 0 Å². The normalized spacial score (nSPS) is 19.0. The first-order valence-electron chi connectivity index (χ1n) is 2.42. The average molecular weight is 89.9 g/mol. The standard InChI is InChI=1S/C6H7B/c1-5-3-2-4-6(5)7/h2-3H,4H2,1H3. The van der Waals surface area contributed by atoms with Gasteiger partial charge in [-0.05, 0) is 13.3 Å². The molecule has 2 radical (unpaired) electrons. The van der Waals surface area contributed by atoms with Gasteiger partial charge in [0.2, 0.25) is 0 Å². The van der Waals surface area contributed by atoms with Gasteiger partial charge in [-0.15, -0.1) is 5.47 Å². The van der Waals surface area contributed by atoms with Crippen molar-refractivity contribution in [2.75, 3.05) is 0 Å². The second-order valence-electron chi connectivity index (χ2n) is 1.81. The number of hydrogen-bond acceptors (Lipinski definition) is 0. The second-order valence-corrected chi connectivity index (χ2v) is 1.81. The van der Waals surface area contributed by atoms with E-state index < -0.39 is 0 Å². The van der Waals surface area contributed by atoms with Gasteiger partial charge in [-0.1, -0.05) is 17.7 Å². The van der Waals surface area contributed by atoms with Crippen LogP contribution >= 0.6 is 0 Å². The molecule has 0 fully saturated rings. The Bertz CT molecular complexity index is 131. The molecule has 0 aromatic heterocycles. The highest BCUT2D eigenvalue weighted by Crippen LogP contribution is 2.13. The number of rotatable bonds is 0. The monoisotopic (exact) mass is 90.1 g/mol. The van der Waals surface area contributed by atoms with E-state index in [0.29, 0.717) is 0 Å². The van der Waals surface area contributed by atoms with Crippen LogP contribution in [0.15, 0.2) is 23.2 Å². The maximum atomic E-state index is 5.50. The zero-order chi connectivity index (χ0) is 5.28. The van der Waals surface area contributed by atoms with Crippen molar-refractivity contribution in [2.24, 2.45) is 0 Å². The van der Waals surface area contributed by atoms with Crippen molar-refractivity contribution in [3.8, 4) is 0 Å². The molecule has 0 saturated heterocycles. The molecule has 0 amide bonds. The van der Waals surface area contributed by atoms with Gasteiger partial charge in [-0.25, -0.2) is 0 Å². The highest BCUT2D eigenvalue weighted by Gasteiger charge is 1.95. The van der Waals surface area contributed by atoms with E-state index in [9.17, 15) is 0 Å². The summed E-state index contributed by atoms with van der Waals surface area (Å²) < 4.78 is 0. The van der Waals surface area contributed by atoms with Gasteiger partial charge in [-0.3, -0.25) is 0 Å². The van der Waals surface area contributed by atoms with Crippen LogP contribution in [0.4, 0.5) is 0 Å². The Morgan fingerprint density at radius 3 is 2.57 bits per heavy atom. The van der Waals surface area contributed by atoms with Crippen LogP contribution in [0, 0.1) is 0 Å². The van der Waals surface area contributed by atoms with E-state index in [0.717, 1.165) is 11.9 Å². The van der Waals surface area contributed by atoms with Crippen LogP contribution in [0.5, 0.6) is 0 Å². The van der Waals surface area contributed by atoms with Crippen molar-refractivity contribution < 1.29 is 0 Å². The molecule has 1 aliphatic rings.